The number of aliphatic hydroxyl groups is 1. The molecule has 2 heteroatoms. The van der Waals surface area contributed by atoms with Gasteiger partial charge in [0.1, 0.15) is 0 Å². The zero-order chi connectivity index (χ0) is 12.3. The summed E-state index contributed by atoms with van der Waals surface area (Å²) in [5.74, 6) is 0. The van der Waals surface area contributed by atoms with E-state index < -0.39 is 0 Å². The summed E-state index contributed by atoms with van der Waals surface area (Å²) in [7, 11) is 0. The molecule has 2 N–H and O–H groups in total. The van der Waals surface area contributed by atoms with Gasteiger partial charge in [-0.3, -0.25) is 0 Å². The van der Waals surface area contributed by atoms with E-state index in [1.165, 1.54) is 31.2 Å². The number of benzene rings is 1. The van der Waals surface area contributed by atoms with Gasteiger partial charge < -0.3 is 10.4 Å². The Kier molecular flexibility index (Phi) is 7.69. The molecule has 0 fully saturated rings. The molecule has 0 aliphatic carbocycles. The van der Waals surface area contributed by atoms with Crippen LogP contribution in [0.3, 0.4) is 0 Å². The Labute approximate surface area is 105 Å². The van der Waals surface area contributed by atoms with Crippen molar-refractivity contribution < 1.29 is 5.11 Å². The molecular weight excluding hydrogens is 210 g/mol. The van der Waals surface area contributed by atoms with E-state index >= 15 is 0 Å². The molecule has 0 bridgehead atoms. The molecule has 1 aromatic carbocycles. The first kappa shape index (κ1) is 14.2. The van der Waals surface area contributed by atoms with Gasteiger partial charge in [-0.15, -0.1) is 0 Å². The molecule has 1 rings (SSSR count). The lowest BCUT2D eigenvalue weighted by Crippen LogP contribution is -2.35. The number of hydrogen-bond donors (Lipinski definition) is 2. The fraction of sp³-hybridized carbons (Fsp3) is 0.600. The van der Waals surface area contributed by atoms with Crippen molar-refractivity contribution in [2.75, 3.05) is 13.2 Å². The third-order valence-corrected chi connectivity index (χ3v) is 3.01. The van der Waals surface area contributed by atoms with Crippen LogP contribution in [-0.2, 0) is 6.42 Å². The standard InChI is InChI=1S/C15H25NO/c1-2-3-4-8-11-16-15(13-17)12-14-9-6-5-7-10-14/h5-7,9-10,15-17H,2-4,8,11-13H2,1H3/t15-/m0/s1. The molecule has 96 valence electrons. The third kappa shape index (κ3) is 6.44. The Morgan fingerprint density at radius 2 is 1.88 bits per heavy atom. The van der Waals surface area contributed by atoms with Crippen LogP contribution in [0.4, 0.5) is 0 Å². The van der Waals surface area contributed by atoms with Crippen LogP contribution in [0.5, 0.6) is 0 Å². The van der Waals surface area contributed by atoms with Gasteiger partial charge in [-0.05, 0) is 24.9 Å². The number of aliphatic hydroxyl groups excluding tert-OH is 1. The van der Waals surface area contributed by atoms with Crippen molar-refractivity contribution in [1.82, 2.24) is 5.32 Å². The fourth-order valence-electron chi connectivity index (χ4n) is 1.96. The van der Waals surface area contributed by atoms with E-state index in [2.05, 4.69) is 24.4 Å². The molecule has 1 aromatic rings. The van der Waals surface area contributed by atoms with Crippen LogP contribution in [0.15, 0.2) is 30.3 Å². The lowest BCUT2D eigenvalue weighted by molar-refractivity contribution is 0.241. The van der Waals surface area contributed by atoms with Gasteiger partial charge in [0.25, 0.3) is 0 Å². The molecule has 0 aromatic heterocycles. The van der Waals surface area contributed by atoms with Crippen molar-refractivity contribution in [3.63, 3.8) is 0 Å². The average Bonchev–Trinajstić information content (AvgIpc) is 2.38. The van der Waals surface area contributed by atoms with E-state index in [1.807, 2.05) is 18.2 Å². The maximum atomic E-state index is 9.33. The zero-order valence-corrected chi connectivity index (χ0v) is 10.9. The lowest BCUT2D eigenvalue weighted by Gasteiger charge is -2.16. The molecule has 0 aliphatic rings. The van der Waals surface area contributed by atoms with Crippen LogP contribution in [0, 0.1) is 0 Å². The molecule has 0 saturated heterocycles. The summed E-state index contributed by atoms with van der Waals surface area (Å²) in [6.45, 7) is 3.44. The summed E-state index contributed by atoms with van der Waals surface area (Å²) in [6, 6.07) is 10.5. The Morgan fingerprint density at radius 1 is 1.12 bits per heavy atom. The van der Waals surface area contributed by atoms with Gasteiger partial charge >= 0.3 is 0 Å². The second kappa shape index (κ2) is 9.20. The van der Waals surface area contributed by atoms with Crippen molar-refractivity contribution in [1.29, 1.82) is 0 Å². The highest BCUT2D eigenvalue weighted by Crippen LogP contribution is 2.03. The minimum absolute atomic E-state index is 0.194. The largest absolute Gasteiger partial charge is 0.395 e. The van der Waals surface area contributed by atoms with Gasteiger partial charge in [0.2, 0.25) is 0 Å². The van der Waals surface area contributed by atoms with Crippen LogP contribution in [0.25, 0.3) is 0 Å². The van der Waals surface area contributed by atoms with E-state index in [9.17, 15) is 5.11 Å². The smallest absolute Gasteiger partial charge is 0.0587 e. The number of hydrogen-bond acceptors (Lipinski definition) is 2. The van der Waals surface area contributed by atoms with Crippen LogP contribution < -0.4 is 5.32 Å². The summed E-state index contributed by atoms with van der Waals surface area (Å²) < 4.78 is 0. The van der Waals surface area contributed by atoms with E-state index in [0.717, 1.165) is 13.0 Å². The molecule has 0 amide bonds. The van der Waals surface area contributed by atoms with Gasteiger partial charge in [0.15, 0.2) is 0 Å². The highest BCUT2D eigenvalue weighted by atomic mass is 16.3. The van der Waals surface area contributed by atoms with Gasteiger partial charge in [0, 0.05) is 6.04 Å². The molecule has 0 spiro atoms. The summed E-state index contributed by atoms with van der Waals surface area (Å²) in [5, 5.41) is 12.8. The predicted molar refractivity (Wildman–Crippen MR) is 73.2 cm³/mol. The topological polar surface area (TPSA) is 32.3 Å². The summed E-state index contributed by atoms with van der Waals surface area (Å²) >= 11 is 0. The van der Waals surface area contributed by atoms with Crippen LogP contribution in [0.2, 0.25) is 0 Å². The van der Waals surface area contributed by atoms with Crippen molar-refractivity contribution >= 4 is 0 Å². The third-order valence-electron chi connectivity index (χ3n) is 3.01. The fourth-order valence-corrected chi connectivity index (χ4v) is 1.96. The maximum absolute atomic E-state index is 9.33. The maximum Gasteiger partial charge on any atom is 0.0587 e. The predicted octanol–water partition coefficient (Wildman–Crippen LogP) is 2.76. The molecule has 0 heterocycles. The Bertz CT molecular complexity index is 274. The lowest BCUT2D eigenvalue weighted by atomic mass is 10.1. The van der Waals surface area contributed by atoms with Gasteiger partial charge in [-0.1, -0.05) is 56.5 Å². The van der Waals surface area contributed by atoms with Crippen molar-refractivity contribution in [2.45, 2.75) is 45.1 Å². The van der Waals surface area contributed by atoms with Crippen LogP contribution in [-0.4, -0.2) is 24.3 Å². The molecule has 2 nitrogen and oxygen atoms in total. The quantitative estimate of drug-likeness (QED) is 0.645. The van der Waals surface area contributed by atoms with Crippen molar-refractivity contribution in [3.8, 4) is 0 Å². The minimum atomic E-state index is 0.194. The molecule has 0 radical (unpaired) electrons. The van der Waals surface area contributed by atoms with Crippen molar-refractivity contribution in [3.05, 3.63) is 35.9 Å². The molecule has 0 saturated carbocycles. The number of nitrogens with one attached hydrogen (secondary N) is 1. The van der Waals surface area contributed by atoms with Gasteiger partial charge in [-0.25, -0.2) is 0 Å². The average molecular weight is 235 g/mol. The highest BCUT2D eigenvalue weighted by Gasteiger charge is 2.06. The molecule has 17 heavy (non-hydrogen) atoms. The summed E-state index contributed by atoms with van der Waals surface area (Å²) in [4.78, 5) is 0. The van der Waals surface area contributed by atoms with E-state index in [-0.39, 0.29) is 12.6 Å². The number of unbranched alkanes of at least 4 members (excludes halogenated alkanes) is 3. The first-order chi connectivity index (χ1) is 8.36. The normalized spacial score (nSPS) is 12.6. The van der Waals surface area contributed by atoms with E-state index in [0.29, 0.717) is 0 Å². The Hall–Kier alpha value is -0.860. The molecule has 1 atom stereocenters. The first-order valence-electron chi connectivity index (χ1n) is 6.75. The summed E-state index contributed by atoms with van der Waals surface area (Å²) in [5.41, 5.74) is 1.28. The molecular formula is C15H25NO. The highest BCUT2D eigenvalue weighted by molar-refractivity contribution is 5.15. The molecule has 0 unspecified atom stereocenters. The summed E-state index contributed by atoms with van der Waals surface area (Å²) in [6.07, 6.45) is 5.98. The van der Waals surface area contributed by atoms with E-state index in [1.54, 1.807) is 0 Å². The van der Waals surface area contributed by atoms with Gasteiger partial charge in [0.05, 0.1) is 6.61 Å². The van der Waals surface area contributed by atoms with Crippen LogP contribution >= 0.6 is 0 Å². The number of rotatable bonds is 9. The van der Waals surface area contributed by atoms with Gasteiger partial charge in [-0.2, -0.15) is 0 Å². The Morgan fingerprint density at radius 3 is 2.53 bits per heavy atom. The minimum Gasteiger partial charge on any atom is -0.395 e. The second-order valence-electron chi connectivity index (χ2n) is 4.58. The Balaban J connectivity index is 2.20. The van der Waals surface area contributed by atoms with E-state index in [4.69, 9.17) is 0 Å². The van der Waals surface area contributed by atoms with Crippen LogP contribution in [0.1, 0.15) is 38.2 Å². The second-order valence-corrected chi connectivity index (χ2v) is 4.58. The monoisotopic (exact) mass is 235 g/mol. The SMILES string of the molecule is CCCCCCN[C@H](CO)Cc1ccccc1. The zero-order valence-electron chi connectivity index (χ0n) is 10.9. The molecule has 0 aliphatic heterocycles. The van der Waals surface area contributed by atoms with Crippen molar-refractivity contribution in [2.24, 2.45) is 0 Å². The first-order valence-corrected chi connectivity index (χ1v) is 6.75.